The second kappa shape index (κ2) is 9.33. The van der Waals surface area contributed by atoms with Crippen LogP contribution in [0.1, 0.15) is 25.7 Å². The first-order chi connectivity index (χ1) is 14.9. The van der Waals surface area contributed by atoms with Crippen LogP contribution >= 0.6 is 0 Å². The quantitative estimate of drug-likeness (QED) is 0.351. The highest BCUT2D eigenvalue weighted by Crippen LogP contribution is 2.32. The van der Waals surface area contributed by atoms with E-state index in [0.717, 1.165) is 47.8 Å². The third kappa shape index (κ3) is 5.22. The molecular weight excluding hydrogens is 404 g/mol. The number of hydrogen-bond acceptors (Lipinski definition) is 5. The largest absolute Gasteiger partial charge is 0.361 e. The van der Waals surface area contributed by atoms with Gasteiger partial charge in [-0.3, -0.25) is 4.68 Å². The lowest BCUT2D eigenvalue weighted by Crippen LogP contribution is -2.22. The van der Waals surface area contributed by atoms with Crippen molar-refractivity contribution in [2.75, 3.05) is 6.61 Å². The molecule has 4 rings (SSSR count). The average Bonchev–Trinajstić information content (AvgIpc) is 3.49. The van der Waals surface area contributed by atoms with E-state index in [1.54, 1.807) is 6.33 Å². The van der Waals surface area contributed by atoms with E-state index >= 15 is 0 Å². The van der Waals surface area contributed by atoms with E-state index in [4.69, 9.17) is 4.74 Å². The van der Waals surface area contributed by atoms with Gasteiger partial charge in [-0.25, -0.2) is 9.97 Å². The molecule has 1 unspecified atom stereocenters. The number of hydrogen-bond donors (Lipinski definition) is 0. The van der Waals surface area contributed by atoms with Gasteiger partial charge in [0.2, 0.25) is 0 Å². The van der Waals surface area contributed by atoms with Crippen molar-refractivity contribution in [1.29, 1.82) is 5.26 Å². The Hall–Kier alpha value is -2.50. The Balaban J connectivity index is 1.47. The molecular formula is C23H32N6OSi. The predicted octanol–water partition coefficient (Wildman–Crippen LogP) is 4.94. The third-order valence-electron chi connectivity index (χ3n) is 6.21. The van der Waals surface area contributed by atoms with Crippen LogP contribution < -0.4 is 0 Å². The summed E-state index contributed by atoms with van der Waals surface area (Å²) in [6, 6.07) is 5.70. The van der Waals surface area contributed by atoms with Crippen molar-refractivity contribution in [3.05, 3.63) is 31.0 Å². The van der Waals surface area contributed by atoms with Crippen LogP contribution in [0.4, 0.5) is 0 Å². The minimum absolute atomic E-state index is 0.0232. The molecule has 1 saturated carbocycles. The van der Waals surface area contributed by atoms with Gasteiger partial charge in [-0.15, -0.1) is 0 Å². The Labute approximate surface area is 185 Å². The minimum atomic E-state index is -1.10. The Morgan fingerprint density at radius 3 is 2.81 bits per heavy atom. The molecule has 3 heterocycles. The highest BCUT2D eigenvalue weighted by atomic mass is 28.3. The van der Waals surface area contributed by atoms with E-state index < -0.39 is 8.07 Å². The lowest BCUT2D eigenvalue weighted by molar-refractivity contribution is 0.0899. The van der Waals surface area contributed by atoms with Gasteiger partial charge in [0.25, 0.3) is 0 Å². The Morgan fingerprint density at radius 1 is 1.26 bits per heavy atom. The van der Waals surface area contributed by atoms with Crippen LogP contribution in [0.25, 0.3) is 22.3 Å². The standard InChI is InChI=1S/C23H32N6OSi/c1-31(2,3)11-10-30-17-28-9-8-21-22(25-16-26-23(21)28)20-13-27-29(15-20)14-19(12-24)18-6-4-5-7-18/h8-9,13,15-16,18-19H,4-7,10-11,14,17H2,1-3H3. The van der Waals surface area contributed by atoms with Crippen LogP contribution in [0, 0.1) is 23.2 Å². The van der Waals surface area contributed by atoms with Crippen LogP contribution in [0.2, 0.25) is 25.7 Å². The SMILES string of the molecule is C[Si](C)(C)CCOCn1ccc2c(-c3cnn(CC(C#N)C4CCCC4)c3)ncnc21. The zero-order chi connectivity index (χ0) is 21.8. The number of aromatic nitrogens is 5. The van der Waals surface area contributed by atoms with Gasteiger partial charge in [0.1, 0.15) is 18.7 Å². The van der Waals surface area contributed by atoms with Gasteiger partial charge < -0.3 is 9.30 Å². The Kier molecular flexibility index (Phi) is 6.53. The van der Waals surface area contributed by atoms with Gasteiger partial charge in [0, 0.05) is 38.0 Å². The van der Waals surface area contributed by atoms with E-state index in [-0.39, 0.29) is 5.92 Å². The topological polar surface area (TPSA) is 81.5 Å². The fourth-order valence-electron chi connectivity index (χ4n) is 4.32. The van der Waals surface area contributed by atoms with Crippen LogP contribution in [0.15, 0.2) is 31.0 Å². The molecule has 3 aromatic heterocycles. The second-order valence-electron chi connectivity index (χ2n) is 9.82. The zero-order valence-electron chi connectivity index (χ0n) is 18.8. The molecule has 0 aromatic carbocycles. The lowest BCUT2D eigenvalue weighted by atomic mass is 9.92. The predicted molar refractivity (Wildman–Crippen MR) is 124 cm³/mol. The van der Waals surface area contributed by atoms with Crippen LogP contribution in [-0.2, 0) is 18.0 Å². The first kappa shape index (κ1) is 21.7. The van der Waals surface area contributed by atoms with Crippen LogP contribution in [0.3, 0.4) is 0 Å². The fourth-order valence-corrected chi connectivity index (χ4v) is 5.08. The summed E-state index contributed by atoms with van der Waals surface area (Å²) in [4.78, 5) is 9.02. The molecule has 0 radical (unpaired) electrons. The summed E-state index contributed by atoms with van der Waals surface area (Å²) < 4.78 is 9.83. The summed E-state index contributed by atoms with van der Waals surface area (Å²) in [5.74, 6) is 0.522. The summed E-state index contributed by atoms with van der Waals surface area (Å²) >= 11 is 0. The van der Waals surface area contributed by atoms with Crippen molar-refractivity contribution in [2.45, 2.75) is 64.6 Å². The van der Waals surface area contributed by atoms with Crippen molar-refractivity contribution in [1.82, 2.24) is 24.3 Å². The molecule has 3 aromatic rings. The van der Waals surface area contributed by atoms with Crippen molar-refractivity contribution in [3.63, 3.8) is 0 Å². The highest BCUT2D eigenvalue weighted by molar-refractivity contribution is 6.76. The lowest BCUT2D eigenvalue weighted by Gasteiger charge is -2.15. The smallest absolute Gasteiger partial charge is 0.145 e. The van der Waals surface area contributed by atoms with E-state index in [1.807, 2.05) is 33.9 Å². The molecule has 0 bridgehead atoms. The molecule has 1 aliphatic carbocycles. The van der Waals surface area contributed by atoms with E-state index in [2.05, 4.69) is 40.8 Å². The van der Waals surface area contributed by atoms with Crippen LogP contribution in [-0.4, -0.2) is 39.0 Å². The summed E-state index contributed by atoms with van der Waals surface area (Å²) in [6.07, 6.45) is 12.3. The maximum Gasteiger partial charge on any atom is 0.145 e. The highest BCUT2D eigenvalue weighted by Gasteiger charge is 2.25. The van der Waals surface area contributed by atoms with Crippen molar-refractivity contribution in [2.24, 2.45) is 11.8 Å². The second-order valence-corrected chi connectivity index (χ2v) is 15.4. The zero-order valence-corrected chi connectivity index (χ0v) is 19.8. The molecule has 0 spiro atoms. The number of nitriles is 1. The van der Waals surface area contributed by atoms with Crippen LogP contribution in [0.5, 0.6) is 0 Å². The first-order valence-corrected chi connectivity index (χ1v) is 15.0. The van der Waals surface area contributed by atoms with Crippen molar-refractivity contribution >= 4 is 19.1 Å². The Bertz CT molecular complexity index is 1050. The average molecular weight is 437 g/mol. The minimum Gasteiger partial charge on any atom is -0.361 e. The van der Waals surface area contributed by atoms with Gasteiger partial charge in [-0.1, -0.05) is 32.5 Å². The van der Waals surface area contributed by atoms with Gasteiger partial charge >= 0.3 is 0 Å². The summed E-state index contributed by atoms with van der Waals surface area (Å²) in [7, 11) is -1.10. The van der Waals surface area contributed by atoms with Gasteiger partial charge in [0.05, 0.1) is 30.4 Å². The summed E-state index contributed by atoms with van der Waals surface area (Å²) in [5.41, 5.74) is 2.69. The number of fused-ring (bicyclic) bond motifs is 1. The molecule has 1 fully saturated rings. The van der Waals surface area contributed by atoms with E-state index in [9.17, 15) is 5.26 Å². The molecule has 0 N–H and O–H groups in total. The molecule has 31 heavy (non-hydrogen) atoms. The number of nitrogens with zero attached hydrogens (tertiary/aromatic N) is 6. The molecule has 164 valence electrons. The number of ether oxygens (including phenoxy) is 1. The molecule has 0 amide bonds. The third-order valence-corrected chi connectivity index (χ3v) is 7.91. The van der Waals surface area contributed by atoms with Crippen molar-refractivity contribution in [3.8, 4) is 17.3 Å². The maximum absolute atomic E-state index is 9.62. The van der Waals surface area contributed by atoms with E-state index in [1.165, 1.54) is 12.8 Å². The molecule has 1 atom stereocenters. The fraction of sp³-hybridized carbons (Fsp3) is 0.565. The monoisotopic (exact) mass is 436 g/mol. The van der Waals surface area contributed by atoms with Crippen molar-refractivity contribution < 1.29 is 4.74 Å². The van der Waals surface area contributed by atoms with Gasteiger partial charge in [-0.05, 0) is 30.9 Å². The molecule has 0 aliphatic heterocycles. The van der Waals surface area contributed by atoms with Gasteiger partial charge in [0.15, 0.2) is 0 Å². The Morgan fingerprint density at radius 2 is 2.06 bits per heavy atom. The molecule has 0 saturated heterocycles. The normalized spacial score (nSPS) is 16.1. The maximum atomic E-state index is 9.62. The molecule has 1 aliphatic rings. The van der Waals surface area contributed by atoms with Gasteiger partial charge in [-0.2, -0.15) is 10.4 Å². The molecule has 7 nitrogen and oxygen atoms in total. The summed E-state index contributed by atoms with van der Waals surface area (Å²) in [5, 5.41) is 15.1. The number of rotatable bonds is 9. The molecule has 8 heteroatoms. The first-order valence-electron chi connectivity index (χ1n) is 11.2. The summed E-state index contributed by atoms with van der Waals surface area (Å²) in [6.45, 7) is 8.98. The van der Waals surface area contributed by atoms with E-state index in [0.29, 0.717) is 19.2 Å².